The average molecular weight is 488 g/mol. The van der Waals surface area contributed by atoms with E-state index in [9.17, 15) is 18.8 Å². The molecule has 0 bridgehead atoms. The largest absolute Gasteiger partial charge is 0.312 e. The molecule has 0 spiro atoms. The molecular formula is C27H22FN3O3S. The quantitative estimate of drug-likeness (QED) is 0.219. The van der Waals surface area contributed by atoms with E-state index in [2.05, 4.69) is 4.98 Å². The van der Waals surface area contributed by atoms with Gasteiger partial charge in [0.15, 0.2) is 10.9 Å². The van der Waals surface area contributed by atoms with Crippen LogP contribution in [0.15, 0.2) is 76.7 Å². The van der Waals surface area contributed by atoms with Crippen molar-refractivity contribution in [3.05, 3.63) is 94.0 Å². The first-order valence-corrected chi connectivity index (χ1v) is 12.3. The molecule has 1 saturated heterocycles. The molecule has 6 nitrogen and oxygen atoms in total. The zero-order valence-corrected chi connectivity index (χ0v) is 19.8. The van der Waals surface area contributed by atoms with Gasteiger partial charge in [-0.15, -0.1) is 0 Å². The van der Waals surface area contributed by atoms with Crippen LogP contribution in [0.25, 0.3) is 16.6 Å². The van der Waals surface area contributed by atoms with Gasteiger partial charge in [-0.05, 0) is 55.3 Å². The first kappa shape index (κ1) is 23.0. The van der Waals surface area contributed by atoms with E-state index in [0.717, 1.165) is 18.2 Å². The van der Waals surface area contributed by atoms with Gasteiger partial charge in [0, 0.05) is 24.2 Å². The first-order valence-electron chi connectivity index (χ1n) is 11.3. The summed E-state index contributed by atoms with van der Waals surface area (Å²) in [6.07, 6.45) is 1.32. The van der Waals surface area contributed by atoms with Crippen LogP contribution < -0.4 is 10.5 Å². The van der Waals surface area contributed by atoms with Crippen LogP contribution in [0.1, 0.15) is 28.8 Å². The molecule has 2 heterocycles. The zero-order chi connectivity index (χ0) is 24.5. The number of hydrogen-bond donors (Lipinski definition) is 0. The van der Waals surface area contributed by atoms with Gasteiger partial charge in [-0.1, -0.05) is 42.1 Å². The Bertz CT molecular complexity index is 1530. The van der Waals surface area contributed by atoms with Gasteiger partial charge in [0.25, 0.3) is 5.56 Å². The number of carbonyl (C=O) groups is 2. The van der Waals surface area contributed by atoms with Gasteiger partial charge in [0.1, 0.15) is 5.82 Å². The molecular weight excluding hydrogens is 465 g/mol. The number of anilines is 1. The Morgan fingerprint density at radius 3 is 2.63 bits per heavy atom. The van der Waals surface area contributed by atoms with Crippen LogP contribution in [0.4, 0.5) is 10.1 Å². The number of thioether (sulfide) groups is 1. The molecule has 1 fully saturated rings. The number of carbonyl (C=O) groups excluding carboxylic acids is 2. The predicted octanol–water partition coefficient (Wildman–Crippen LogP) is 4.94. The van der Waals surface area contributed by atoms with Crippen LogP contribution in [-0.2, 0) is 4.79 Å². The lowest BCUT2D eigenvalue weighted by Crippen LogP contribution is -2.24. The molecule has 35 heavy (non-hydrogen) atoms. The Morgan fingerprint density at radius 2 is 1.86 bits per heavy atom. The molecule has 176 valence electrons. The Kier molecular flexibility index (Phi) is 6.21. The topological polar surface area (TPSA) is 72.3 Å². The molecule has 3 aromatic carbocycles. The fourth-order valence-corrected chi connectivity index (χ4v) is 5.05. The van der Waals surface area contributed by atoms with Crippen LogP contribution >= 0.6 is 11.8 Å². The van der Waals surface area contributed by atoms with Gasteiger partial charge < -0.3 is 4.90 Å². The van der Waals surface area contributed by atoms with Gasteiger partial charge in [0.05, 0.1) is 22.3 Å². The summed E-state index contributed by atoms with van der Waals surface area (Å²) in [6, 6.07) is 18.5. The van der Waals surface area contributed by atoms with Gasteiger partial charge in [-0.2, -0.15) is 0 Å². The SMILES string of the molecule is Cc1ccc(-n2c(SCC(=O)c3cccc(N4CCCC4=O)c3)nc3ccccc3c2=O)cc1F. The summed E-state index contributed by atoms with van der Waals surface area (Å²) < 4.78 is 15.7. The zero-order valence-electron chi connectivity index (χ0n) is 19.0. The number of rotatable bonds is 6. The maximum Gasteiger partial charge on any atom is 0.266 e. The fraction of sp³-hybridized carbons (Fsp3) is 0.185. The second-order valence-corrected chi connectivity index (χ2v) is 9.34. The summed E-state index contributed by atoms with van der Waals surface area (Å²) in [5.74, 6) is -0.509. The van der Waals surface area contributed by atoms with E-state index in [1.54, 1.807) is 66.4 Å². The number of amides is 1. The Balaban J connectivity index is 1.48. The molecule has 0 N–H and O–H groups in total. The van der Waals surface area contributed by atoms with Crippen LogP contribution in [0.5, 0.6) is 0 Å². The van der Waals surface area contributed by atoms with Crippen molar-refractivity contribution in [1.82, 2.24) is 9.55 Å². The molecule has 0 radical (unpaired) electrons. The molecule has 0 aliphatic carbocycles. The number of hydrogen-bond acceptors (Lipinski definition) is 5. The highest BCUT2D eigenvalue weighted by Gasteiger charge is 2.22. The summed E-state index contributed by atoms with van der Waals surface area (Å²) in [6.45, 7) is 2.30. The van der Waals surface area contributed by atoms with Crippen molar-refractivity contribution in [3.8, 4) is 5.69 Å². The van der Waals surface area contributed by atoms with Crippen LogP contribution in [0.2, 0.25) is 0 Å². The monoisotopic (exact) mass is 487 g/mol. The van der Waals surface area contributed by atoms with Crippen LogP contribution in [0, 0.1) is 12.7 Å². The number of benzene rings is 3. The third-order valence-electron chi connectivity index (χ3n) is 6.04. The molecule has 8 heteroatoms. The highest BCUT2D eigenvalue weighted by molar-refractivity contribution is 7.99. The highest BCUT2D eigenvalue weighted by atomic mass is 32.2. The standard InChI is InChI=1S/C27H22FN3O3S/c1-17-11-12-20(15-22(17)28)31-26(34)21-8-2-3-9-23(21)29-27(31)35-16-24(32)18-6-4-7-19(14-18)30-13-5-10-25(30)33/h2-4,6-9,11-12,14-15H,5,10,13,16H2,1H3. The van der Waals surface area contributed by atoms with Crippen molar-refractivity contribution < 1.29 is 14.0 Å². The van der Waals surface area contributed by atoms with E-state index >= 15 is 0 Å². The maximum atomic E-state index is 14.3. The number of aromatic nitrogens is 2. The van der Waals surface area contributed by atoms with Crippen LogP contribution in [-0.4, -0.2) is 33.5 Å². The van der Waals surface area contributed by atoms with E-state index in [-0.39, 0.29) is 23.0 Å². The number of halogens is 1. The molecule has 0 unspecified atom stereocenters. The molecule has 0 saturated carbocycles. The Labute approximate surface area is 205 Å². The van der Waals surface area contributed by atoms with E-state index in [1.165, 1.54) is 10.6 Å². The van der Waals surface area contributed by atoms with Crippen molar-refractivity contribution in [2.75, 3.05) is 17.2 Å². The summed E-state index contributed by atoms with van der Waals surface area (Å²) in [5, 5.41) is 0.711. The minimum atomic E-state index is -0.428. The summed E-state index contributed by atoms with van der Waals surface area (Å²) in [7, 11) is 0. The number of para-hydroxylation sites is 1. The molecule has 1 aliphatic heterocycles. The van der Waals surface area contributed by atoms with Gasteiger partial charge in [0.2, 0.25) is 5.91 Å². The second kappa shape index (κ2) is 9.46. The minimum absolute atomic E-state index is 0.0243. The van der Waals surface area contributed by atoms with E-state index < -0.39 is 5.82 Å². The lowest BCUT2D eigenvalue weighted by Gasteiger charge is -2.16. The van der Waals surface area contributed by atoms with Crippen molar-refractivity contribution in [2.45, 2.75) is 24.9 Å². The lowest BCUT2D eigenvalue weighted by atomic mass is 10.1. The lowest BCUT2D eigenvalue weighted by molar-refractivity contribution is -0.117. The number of aryl methyl sites for hydroxylation is 1. The smallest absolute Gasteiger partial charge is 0.266 e. The van der Waals surface area contributed by atoms with E-state index in [4.69, 9.17) is 0 Å². The van der Waals surface area contributed by atoms with E-state index in [0.29, 0.717) is 51.5 Å². The Hall–Kier alpha value is -3.78. The predicted molar refractivity (Wildman–Crippen MR) is 135 cm³/mol. The number of fused-ring (bicyclic) bond motifs is 1. The first-order chi connectivity index (χ1) is 16.9. The van der Waals surface area contributed by atoms with Crippen molar-refractivity contribution >= 4 is 40.0 Å². The van der Waals surface area contributed by atoms with Crippen molar-refractivity contribution in [1.29, 1.82) is 0 Å². The maximum absolute atomic E-state index is 14.3. The van der Waals surface area contributed by atoms with Gasteiger partial charge in [-0.25, -0.2) is 9.37 Å². The second-order valence-electron chi connectivity index (χ2n) is 8.40. The number of nitrogens with zero attached hydrogens (tertiary/aromatic N) is 3. The molecule has 1 aliphatic rings. The summed E-state index contributed by atoms with van der Waals surface area (Å²) in [5.41, 5.74) is 2.18. The van der Waals surface area contributed by atoms with Crippen molar-refractivity contribution in [2.24, 2.45) is 0 Å². The van der Waals surface area contributed by atoms with Crippen molar-refractivity contribution in [3.63, 3.8) is 0 Å². The van der Waals surface area contributed by atoms with Crippen LogP contribution in [0.3, 0.4) is 0 Å². The average Bonchev–Trinajstić information content (AvgIpc) is 3.30. The summed E-state index contributed by atoms with van der Waals surface area (Å²) in [4.78, 5) is 44.8. The normalized spacial score (nSPS) is 13.5. The number of Topliss-reactive ketones (excluding diaryl/α,β-unsaturated/α-hetero) is 1. The Morgan fingerprint density at radius 1 is 1.03 bits per heavy atom. The highest BCUT2D eigenvalue weighted by Crippen LogP contribution is 2.26. The minimum Gasteiger partial charge on any atom is -0.312 e. The third kappa shape index (κ3) is 4.49. The molecule has 1 amide bonds. The van der Waals surface area contributed by atoms with Gasteiger partial charge >= 0.3 is 0 Å². The fourth-order valence-electron chi connectivity index (χ4n) is 4.14. The summed E-state index contributed by atoms with van der Waals surface area (Å²) >= 11 is 1.12. The van der Waals surface area contributed by atoms with Gasteiger partial charge in [-0.3, -0.25) is 19.0 Å². The van der Waals surface area contributed by atoms with E-state index in [1.807, 2.05) is 6.07 Å². The molecule has 4 aromatic rings. The molecule has 0 atom stereocenters. The molecule has 5 rings (SSSR count). The number of ketones is 1. The third-order valence-corrected chi connectivity index (χ3v) is 6.98. The molecule has 1 aromatic heterocycles.